The number of nitrogens with zero attached hydrogens (tertiary/aromatic N) is 7. The maximum atomic E-state index is 13.7. The maximum absolute atomic E-state index is 13.7. The zero-order valence-corrected chi connectivity index (χ0v) is 21.9. The lowest BCUT2D eigenvalue weighted by molar-refractivity contribution is -0.0119. The molecule has 1 aliphatic heterocycles. The number of fused-ring (bicyclic) bond motifs is 1. The second-order valence-electron chi connectivity index (χ2n) is 9.95. The monoisotopic (exact) mass is 511 g/mol. The molecule has 37 heavy (non-hydrogen) atoms. The average Bonchev–Trinajstić information content (AvgIpc) is 3.58. The van der Waals surface area contributed by atoms with E-state index in [1.54, 1.807) is 23.3 Å². The van der Waals surface area contributed by atoms with E-state index in [4.69, 9.17) is 4.98 Å². The molecule has 0 bridgehead atoms. The zero-order valence-electron chi connectivity index (χ0n) is 21.9. The minimum absolute atomic E-state index is 0.320. The fourth-order valence-electron chi connectivity index (χ4n) is 5.27. The van der Waals surface area contributed by atoms with Gasteiger partial charge in [-0.2, -0.15) is 5.10 Å². The van der Waals surface area contributed by atoms with Crippen LogP contribution in [0.3, 0.4) is 0 Å². The molecule has 1 fully saturated rings. The summed E-state index contributed by atoms with van der Waals surface area (Å²) in [6.07, 6.45) is 5.17. The molecule has 0 atom stereocenters. The van der Waals surface area contributed by atoms with Crippen molar-refractivity contribution in [2.45, 2.75) is 52.6 Å². The fourth-order valence-corrected chi connectivity index (χ4v) is 5.27. The Labute approximate surface area is 216 Å². The highest BCUT2D eigenvalue weighted by Crippen LogP contribution is 2.30. The summed E-state index contributed by atoms with van der Waals surface area (Å²) < 4.78 is 28.8. The molecule has 5 rings (SSSR count). The first-order valence-electron chi connectivity index (χ1n) is 12.9. The number of aromatic nitrogens is 3. The summed E-state index contributed by atoms with van der Waals surface area (Å²) in [4.78, 5) is 7.48. The molecule has 1 aliphatic carbocycles. The van der Waals surface area contributed by atoms with Gasteiger partial charge in [0.2, 0.25) is 5.96 Å². The Morgan fingerprint density at radius 1 is 1.14 bits per heavy atom. The van der Waals surface area contributed by atoms with Gasteiger partial charge < -0.3 is 10.2 Å². The lowest BCUT2D eigenvalue weighted by Gasteiger charge is -2.27. The van der Waals surface area contributed by atoms with Crippen molar-refractivity contribution in [2.75, 3.05) is 25.0 Å². The first-order chi connectivity index (χ1) is 17.8. The lowest BCUT2D eigenvalue weighted by Crippen LogP contribution is -2.45. The van der Waals surface area contributed by atoms with Crippen molar-refractivity contribution in [3.05, 3.63) is 52.7 Å². The smallest absolute Gasteiger partial charge is 0.231 e. The third-order valence-electron chi connectivity index (χ3n) is 7.28. The predicted octanol–water partition coefficient (Wildman–Crippen LogP) is 3.80. The van der Waals surface area contributed by atoms with Crippen molar-refractivity contribution in [3.8, 4) is 0 Å². The molecule has 1 aromatic carbocycles. The van der Waals surface area contributed by atoms with Gasteiger partial charge in [0.1, 0.15) is 5.82 Å². The normalized spacial score (nSPS) is 16.5. The summed E-state index contributed by atoms with van der Waals surface area (Å²) in [6, 6.07) is 6.08. The summed E-state index contributed by atoms with van der Waals surface area (Å²) in [7, 11) is 3.73. The number of aryl methyl sites for hydroxylation is 2. The second-order valence-corrected chi connectivity index (χ2v) is 9.95. The van der Waals surface area contributed by atoms with E-state index in [9.17, 15) is 8.78 Å². The molecular weight excluding hydrogens is 476 g/mol. The maximum Gasteiger partial charge on any atom is 0.231 e. The van der Waals surface area contributed by atoms with Crippen LogP contribution in [0, 0.1) is 24.5 Å². The first kappa shape index (κ1) is 25.2. The first-order valence-corrected chi connectivity index (χ1v) is 12.9. The highest BCUT2D eigenvalue weighted by Gasteiger charge is 2.24. The van der Waals surface area contributed by atoms with Gasteiger partial charge in [-0.15, -0.1) is 10.2 Å². The van der Waals surface area contributed by atoms with Gasteiger partial charge in [0.15, 0.2) is 17.3 Å². The minimum atomic E-state index is -0.863. The Kier molecular flexibility index (Phi) is 7.14. The van der Waals surface area contributed by atoms with E-state index in [2.05, 4.69) is 38.8 Å². The number of hydrogen-bond donors (Lipinski definition) is 2. The van der Waals surface area contributed by atoms with Gasteiger partial charge in [0, 0.05) is 44.7 Å². The Morgan fingerprint density at radius 2 is 1.92 bits per heavy atom. The predicted molar refractivity (Wildman–Crippen MR) is 140 cm³/mol. The number of benzene rings is 1. The van der Waals surface area contributed by atoms with Gasteiger partial charge in [-0.25, -0.2) is 18.9 Å². The molecular formula is C26H35F2N9. The van der Waals surface area contributed by atoms with Gasteiger partial charge in [-0.3, -0.25) is 10.1 Å². The summed E-state index contributed by atoms with van der Waals surface area (Å²) in [5.74, 6) is 0.522. The molecule has 3 heterocycles. The van der Waals surface area contributed by atoms with E-state index >= 15 is 0 Å². The molecule has 2 aliphatic rings. The number of anilines is 1. The van der Waals surface area contributed by atoms with Crippen LogP contribution >= 0.6 is 0 Å². The van der Waals surface area contributed by atoms with Crippen LogP contribution in [0.15, 0.2) is 29.4 Å². The Bertz CT molecular complexity index is 1300. The van der Waals surface area contributed by atoms with E-state index in [1.165, 1.54) is 31.7 Å². The zero-order chi connectivity index (χ0) is 26.1. The minimum Gasteiger partial charge on any atom is -0.356 e. The number of hydrogen-bond acceptors (Lipinski definition) is 8. The average molecular weight is 512 g/mol. The van der Waals surface area contributed by atoms with Gasteiger partial charge >= 0.3 is 0 Å². The highest BCUT2D eigenvalue weighted by molar-refractivity contribution is 5.83. The largest absolute Gasteiger partial charge is 0.356 e. The van der Waals surface area contributed by atoms with Crippen LogP contribution in [0.4, 0.5) is 14.6 Å². The van der Waals surface area contributed by atoms with Crippen molar-refractivity contribution in [1.29, 1.82) is 0 Å². The Balaban J connectivity index is 1.33. The standard InChI is InChI=1S/C26H35F2N9/c1-5-36(15-18-8-6-7-9-18)24-20(13-21-17(2)31-34(3)25(21)30-24)14-29-26-32-35(4)37(33-26)16-19-10-11-22(27)23(28)12-19/h10-13,18H,5-9,14-16H2,1-4H3,(H2,29,32,33). The van der Waals surface area contributed by atoms with Crippen LogP contribution in [0.25, 0.3) is 11.0 Å². The van der Waals surface area contributed by atoms with Gasteiger partial charge in [-0.05, 0) is 56.4 Å². The topological polar surface area (TPSA) is 76.9 Å². The van der Waals surface area contributed by atoms with Crippen molar-refractivity contribution < 1.29 is 8.78 Å². The molecule has 0 radical (unpaired) electrons. The number of guanidine groups is 1. The Morgan fingerprint density at radius 3 is 2.65 bits per heavy atom. The molecule has 0 saturated heterocycles. The number of halogens is 2. The third kappa shape index (κ3) is 5.31. The van der Waals surface area contributed by atoms with Crippen molar-refractivity contribution in [1.82, 2.24) is 35.7 Å². The summed E-state index contributed by atoms with van der Waals surface area (Å²) in [5.41, 5.74) is 6.74. The second kappa shape index (κ2) is 10.5. The molecule has 2 aromatic heterocycles. The van der Waals surface area contributed by atoms with Crippen molar-refractivity contribution in [2.24, 2.45) is 18.1 Å². The van der Waals surface area contributed by atoms with Crippen LogP contribution in [0.5, 0.6) is 0 Å². The summed E-state index contributed by atoms with van der Waals surface area (Å²) in [6.45, 7) is 6.91. The van der Waals surface area contributed by atoms with E-state index in [1.807, 2.05) is 18.7 Å². The molecule has 198 valence electrons. The molecule has 2 N–H and O–H groups in total. The van der Waals surface area contributed by atoms with Crippen molar-refractivity contribution in [3.63, 3.8) is 0 Å². The Hall–Kier alpha value is -3.47. The van der Waals surface area contributed by atoms with Crippen LogP contribution in [-0.2, 0) is 20.1 Å². The van der Waals surface area contributed by atoms with Gasteiger partial charge in [0.05, 0.1) is 12.2 Å². The molecule has 0 amide bonds. The fraction of sp³-hybridized carbons (Fsp3) is 0.500. The molecule has 11 heteroatoms. The number of hydrazone groups is 1. The van der Waals surface area contributed by atoms with Crippen LogP contribution in [0.2, 0.25) is 0 Å². The highest BCUT2D eigenvalue weighted by atomic mass is 19.2. The number of rotatable bonds is 8. The number of nitrogens with one attached hydrogen (secondary N) is 2. The quantitative estimate of drug-likeness (QED) is 0.477. The number of hydrazine groups is 2. The van der Waals surface area contributed by atoms with Crippen LogP contribution < -0.4 is 15.6 Å². The van der Waals surface area contributed by atoms with E-state index in [-0.39, 0.29) is 0 Å². The lowest BCUT2D eigenvalue weighted by atomic mass is 10.1. The summed E-state index contributed by atoms with van der Waals surface area (Å²) in [5, 5.41) is 16.9. The summed E-state index contributed by atoms with van der Waals surface area (Å²) >= 11 is 0. The van der Waals surface area contributed by atoms with E-state index < -0.39 is 11.6 Å². The molecule has 0 spiro atoms. The van der Waals surface area contributed by atoms with Crippen LogP contribution in [-0.4, -0.2) is 51.1 Å². The molecule has 9 nitrogen and oxygen atoms in total. The molecule has 3 aromatic rings. The van der Waals surface area contributed by atoms with Gasteiger partial charge in [-0.1, -0.05) is 18.9 Å². The SMILES string of the molecule is CCN(CC1CCCC1)c1nc2c(cc1CNC1=NN(C)N(Cc3ccc(F)c(F)c3)N1)c(C)nn2C. The molecule has 0 unspecified atom stereocenters. The van der Waals surface area contributed by atoms with Crippen molar-refractivity contribution >= 4 is 22.8 Å². The van der Waals surface area contributed by atoms with Gasteiger partial charge in [0.25, 0.3) is 0 Å². The number of pyridine rings is 1. The van der Waals surface area contributed by atoms with Crippen LogP contribution in [0.1, 0.15) is 49.4 Å². The van der Waals surface area contributed by atoms with E-state index in [0.29, 0.717) is 30.5 Å². The molecule has 1 saturated carbocycles. The van der Waals surface area contributed by atoms with E-state index in [0.717, 1.165) is 47.3 Å². The third-order valence-corrected chi connectivity index (χ3v) is 7.28.